The second-order valence-corrected chi connectivity index (χ2v) is 8.50. The molecule has 1 N–H and O–H groups in total. The fourth-order valence-corrected chi connectivity index (χ4v) is 4.39. The van der Waals surface area contributed by atoms with Gasteiger partial charge >= 0.3 is 5.97 Å². The van der Waals surface area contributed by atoms with Crippen molar-refractivity contribution >= 4 is 32.7 Å². The molecule has 172 valence electrons. The third kappa shape index (κ3) is 5.69. The summed E-state index contributed by atoms with van der Waals surface area (Å²) in [6.45, 7) is 0.957. The second-order valence-electron chi connectivity index (χ2n) is 7.49. The quantitative estimate of drug-likeness (QED) is 0.367. The van der Waals surface area contributed by atoms with Crippen molar-refractivity contribution in [2.24, 2.45) is 0 Å². The van der Waals surface area contributed by atoms with Crippen molar-refractivity contribution in [1.82, 2.24) is 4.98 Å². The molecule has 0 aliphatic heterocycles. The summed E-state index contributed by atoms with van der Waals surface area (Å²) in [4.78, 5) is 17.3. The second kappa shape index (κ2) is 10.3. The van der Waals surface area contributed by atoms with Gasteiger partial charge in [0.1, 0.15) is 17.4 Å². The summed E-state index contributed by atoms with van der Waals surface area (Å²) in [5, 5.41) is 9.41. The number of methoxy groups -OCH3 is 1. The van der Waals surface area contributed by atoms with E-state index in [9.17, 15) is 13.6 Å². The number of hydrogen-bond donors (Lipinski definition) is 1. The lowest BCUT2D eigenvalue weighted by molar-refractivity contribution is -0.130. The number of thiazole rings is 1. The molecule has 0 aliphatic carbocycles. The molecule has 0 bridgehead atoms. The van der Waals surface area contributed by atoms with Crippen LogP contribution < -0.4 is 9.64 Å². The van der Waals surface area contributed by atoms with Gasteiger partial charge in [0.2, 0.25) is 0 Å². The summed E-state index contributed by atoms with van der Waals surface area (Å²) in [7, 11) is 1.49. The molecule has 0 amide bonds. The number of halogens is 2. The van der Waals surface area contributed by atoms with Gasteiger partial charge in [0.05, 0.1) is 17.3 Å². The summed E-state index contributed by atoms with van der Waals surface area (Å²) < 4.78 is 34.1. The lowest BCUT2D eigenvalue weighted by Crippen LogP contribution is -2.25. The monoisotopic (exact) mass is 478 g/mol. The van der Waals surface area contributed by atoms with E-state index < -0.39 is 5.97 Å². The normalized spacial score (nSPS) is 10.6. The first kappa shape index (κ1) is 23.2. The Kier molecular flexibility index (Phi) is 7.04. The fraction of sp³-hybridized carbons (Fsp3) is 0.154. The number of carboxylic acid groups (broad SMARTS) is 1. The number of carbonyl (C=O) groups is 1. The van der Waals surface area contributed by atoms with Crippen LogP contribution >= 0.6 is 11.3 Å². The molecule has 4 aromatic rings. The molecule has 0 radical (unpaired) electrons. The number of ether oxygens (including phenoxy) is 1. The molecule has 0 fully saturated rings. The highest BCUT2D eigenvalue weighted by atomic mass is 32.1. The van der Waals surface area contributed by atoms with Crippen molar-refractivity contribution < 1.29 is 23.4 Å². The molecule has 1 heterocycles. The van der Waals surface area contributed by atoms with Crippen LogP contribution in [-0.2, 0) is 17.8 Å². The van der Waals surface area contributed by atoms with E-state index in [1.807, 2.05) is 17.0 Å². The zero-order chi connectivity index (χ0) is 24.1. The van der Waals surface area contributed by atoms with Gasteiger partial charge in [-0.15, -0.1) is 0 Å². The van der Waals surface area contributed by atoms with Crippen LogP contribution in [0.5, 0.6) is 5.75 Å². The smallest absolute Gasteiger partial charge is 0.382 e. The van der Waals surface area contributed by atoms with Crippen LogP contribution in [-0.4, -0.2) is 29.7 Å². The number of benzene rings is 3. The molecule has 0 spiro atoms. The summed E-state index contributed by atoms with van der Waals surface area (Å²) >= 11 is 1.44. The zero-order valence-electron chi connectivity index (χ0n) is 18.2. The van der Waals surface area contributed by atoms with Crippen molar-refractivity contribution in [2.45, 2.75) is 13.0 Å². The number of anilines is 1. The average Bonchev–Trinajstić information content (AvgIpc) is 3.24. The number of aromatic nitrogens is 1. The van der Waals surface area contributed by atoms with Gasteiger partial charge in [-0.25, -0.2) is 18.6 Å². The summed E-state index contributed by atoms with van der Waals surface area (Å²) in [5.41, 5.74) is 2.66. The Balaban J connectivity index is 1.59. The Hall–Kier alpha value is -3.96. The molecule has 34 heavy (non-hydrogen) atoms. The molecule has 0 aliphatic rings. The standard InChI is InChI=1S/C26H20F2N2O3S/c1-33-21-9-7-19(22(28)15-21)12-13-30(26-29-23-14-20(27)8-10-24(23)34-26)16-18-4-2-17(3-5-18)6-11-25(31)32/h2-5,7-10,14-15H,12-13,16H2,1H3,(H,31,32). The first-order valence-corrected chi connectivity index (χ1v) is 11.2. The van der Waals surface area contributed by atoms with Crippen LogP contribution in [0.1, 0.15) is 16.7 Å². The molecular weight excluding hydrogens is 458 g/mol. The summed E-state index contributed by atoms with van der Waals surface area (Å²) in [5.74, 6) is 3.25. The maximum absolute atomic E-state index is 14.5. The fourth-order valence-electron chi connectivity index (χ4n) is 3.42. The van der Waals surface area contributed by atoms with E-state index >= 15 is 0 Å². The van der Waals surface area contributed by atoms with Crippen LogP contribution in [0.4, 0.5) is 13.9 Å². The van der Waals surface area contributed by atoms with Crippen LogP contribution in [0.3, 0.4) is 0 Å². The largest absolute Gasteiger partial charge is 0.497 e. The van der Waals surface area contributed by atoms with Gasteiger partial charge in [0.15, 0.2) is 5.13 Å². The molecule has 1 aromatic heterocycles. The van der Waals surface area contributed by atoms with Crippen LogP contribution in [0.25, 0.3) is 10.2 Å². The molecule has 0 saturated heterocycles. The maximum Gasteiger partial charge on any atom is 0.382 e. The number of hydrogen-bond acceptors (Lipinski definition) is 5. The van der Waals surface area contributed by atoms with Gasteiger partial charge < -0.3 is 14.7 Å². The first-order valence-electron chi connectivity index (χ1n) is 10.4. The Morgan fingerprint density at radius 1 is 1.12 bits per heavy atom. The number of fused-ring (bicyclic) bond motifs is 1. The average molecular weight is 479 g/mol. The minimum atomic E-state index is -1.19. The molecule has 3 aromatic carbocycles. The van der Waals surface area contributed by atoms with Gasteiger partial charge in [0.25, 0.3) is 0 Å². The predicted octanol–water partition coefficient (Wildman–Crippen LogP) is 5.27. The van der Waals surface area contributed by atoms with Crippen molar-refractivity contribution in [2.75, 3.05) is 18.6 Å². The highest BCUT2D eigenvalue weighted by Gasteiger charge is 2.15. The Labute approximate surface area is 199 Å². The van der Waals surface area contributed by atoms with Crippen LogP contribution in [0.2, 0.25) is 0 Å². The van der Waals surface area contributed by atoms with E-state index in [1.54, 1.807) is 30.3 Å². The number of aliphatic carboxylic acids is 1. The van der Waals surface area contributed by atoms with Crippen molar-refractivity contribution in [1.29, 1.82) is 0 Å². The third-order valence-corrected chi connectivity index (χ3v) is 6.26. The van der Waals surface area contributed by atoms with Crippen LogP contribution in [0.15, 0.2) is 60.7 Å². The highest BCUT2D eigenvalue weighted by molar-refractivity contribution is 7.22. The SMILES string of the molecule is COc1ccc(CCN(Cc2ccc(C#CC(=O)O)cc2)c2nc3cc(F)ccc3s2)c(F)c1. The predicted molar refractivity (Wildman–Crippen MR) is 128 cm³/mol. The Morgan fingerprint density at radius 2 is 1.91 bits per heavy atom. The van der Waals surface area contributed by atoms with E-state index in [2.05, 4.69) is 16.8 Å². The molecule has 0 saturated carbocycles. The van der Waals surface area contributed by atoms with E-state index in [4.69, 9.17) is 9.84 Å². The van der Waals surface area contributed by atoms with Crippen molar-refractivity contribution in [3.8, 4) is 17.6 Å². The lowest BCUT2D eigenvalue weighted by atomic mass is 10.1. The van der Waals surface area contributed by atoms with Crippen LogP contribution in [0, 0.1) is 23.5 Å². The first-order chi connectivity index (χ1) is 16.4. The van der Waals surface area contributed by atoms with E-state index in [0.717, 1.165) is 10.3 Å². The third-order valence-electron chi connectivity index (χ3n) is 5.16. The maximum atomic E-state index is 14.5. The Bertz CT molecular complexity index is 1390. The molecule has 0 unspecified atom stereocenters. The zero-order valence-corrected chi connectivity index (χ0v) is 19.0. The number of rotatable bonds is 7. The molecular formula is C26H20F2N2O3S. The topological polar surface area (TPSA) is 62.7 Å². The number of nitrogens with zero attached hydrogens (tertiary/aromatic N) is 2. The highest BCUT2D eigenvalue weighted by Crippen LogP contribution is 2.30. The summed E-state index contributed by atoms with van der Waals surface area (Å²) in [6, 6.07) is 16.5. The van der Waals surface area contributed by atoms with Gasteiger partial charge in [-0.05, 0) is 47.9 Å². The van der Waals surface area contributed by atoms with E-state index in [1.165, 1.54) is 36.6 Å². The van der Waals surface area contributed by atoms with E-state index in [-0.39, 0.29) is 11.6 Å². The molecule has 5 nitrogen and oxygen atoms in total. The van der Waals surface area contributed by atoms with Gasteiger partial charge in [-0.3, -0.25) is 0 Å². The van der Waals surface area contributed by atoms with Gasteiger partial charge in [-0.1, -0.05) is 35.5 Å². The van der Waals surface area contributed by atoms with Crippen molar-refractivity contribution in [3.63, 3.8) is 0 Å². The van der Waals surface area contributed by atoms with Gasteiger partial charge in [0, 0.05) is 36.7 Å². The Morgan fingerprint density at radius 3 is 2.62 bits per heavy atom. The molecule has 8 heteroatoms. The molecule has 4 rings (SSSR count). The lowest BCUT2D eigenvalue weighted by Gasteiger charge is -2.22. The minimum Gasteiger partial charge on any atom is -0.497 e. The van der Waals surface area contributed by atoms with Gasteiger partial charge in [-0.2, -0.15) is 0 Å². The van der Waals surface area contributed by atoms with E-state index in [0.29, 0.717) is 47.0 Å². The number of carboxylic acids is 1. The minimum absolute atomic E-state index is 0.341. The molecule has 0 atom stereocenters. The summed E-state index contributed by atoms with van der Waals surface area (Å²) in [6.07, 6.45) is 0.433. The van der Waals surface area contributed by atoms with Crippen molar-refractivity contribution in [3.05, 3.63) is 89.0 Å².